The number of hydrogen-bond acceptors (Lipinski definition) is 2. The lowest BCUT2D eigenvalue weighted by atomic mass is 9.97. The van der Waals surface area contributed by atoms with E-state index in [-0.39, 0.29) is 0 Å². The van der Waals surface area contributed by atoms with E-state index in [4.69, 9.17) is 0 Å². The van der Waals surface area contributed by atoms with E-state index >= 15 is 0 Å². The van der Waals surface area contributed by atoms with Gasteiger partial charge in [0, 0.05) is 56.0 Å². The van der Waals surface area contributed by atoms with Crippen LogP contribution < -0.4 is 0 Å². The van der Waals surface area contributed by atoms with Gasteiger partial charge in [-0.25, -0.2) is 0 Å². The highest BCUT2D eigenvalue weighted by Gasteiger charge is 2.21. The van der Waals surface area contributed by atoms with E-state index in [1.54, 1.807) is 0 Å². The monoisotopic (exact) mass is 484 g/mol. The van der Waals surface area contributed by atoms with Crippen molar-refractivity contribution in [2.24, 2.45) is 0 Å². The molecule has 4 heteroatoms. The van der Waals surface area contributed by atoms with Gasteiger partial charge in [-0.3, -0.25) is 9.97 Å². The highest BCUT2D eigenvalue weighted by molar-refractivity contribution is 6.25. The summed E-state index contributed by atoms with van der Waals surface area (Å²) in [6, 6.07) is 35.1. The zero-order valence-electron chi connectivity index (χ0n) is 20.3. The molecule has 0 saturated carbocycles. The van der Waals surface area contributed by atoms with Crippen LogP contribution in [0, 0.1) is 0 Å². The van der Waals surface area contributed by atoms with Crippen molar-refractivity contribution in [3.63, 3.8) is 0 Å². The summed E-state index contributed by atoms with van der Waals surface area (Å²) in [5.74, 6) is 0. The Labute approximate surface area is 217 Å². The molecule has 0 saturated heterocycles. The Bertz CT molecular complexity index is 2260. The molecule has 5 heterocycles. The van der Waals surface area contributed by atoms with Crippen LogP contribution in [0.5, 0.6) is 0 Å². The molecule has 0 amide bonds. The summed E-state index contributed by atoms with van der Waals surface area (Å²) >= 11 is 0. The van der Waals surface area contributed by atoms with Crippen molar-refractivity contribution in [1.82, 2.24) is 18.9 Å². The summed E-state index contributed by atoms with van der Waals surface area (Å²) in [4.78, 5) is 8.92. The highest BCUT2D eigenvalue weighted by atomic mass is 15.0. The molecule has 0 aliphatic rings. The summed E-state index contributed by atoms with van der Waals surface area (Å²) in [6.07, 6.45) is 7.71. The lowest BCUT2D eigenvalue weighted by Gasteiger charge is -2.12. The smallest absolute Gasteiger partial charge is 0.0725 e. The SMILES string of the molecule is c1ccc(-n2c3ccccc3c3cccc(-c4cc5c6ccncc6n6c7cnccc7c(c4)c56)c32)cc1. The Kier molecular flexibility index (Phi) is 3.76. The lowest BCUT2D eigenvalue weighted by Crippen LogP contribution is -1.95. The topological polar surface area (TPSA) is 35.1 Å². The maximum atomic E-state index is 4.46. The van der Waals surface area contributed by atoms with E-state index in [9.17, 15) is 0 Å². The second-order valence-corrected chi connectivity index (χ2v) is 9.93. The molecule has 0 unspecified atom stereocenters. The van der Waals surface area contributed by atoms with Gasteiger partial charge in [-0.05, 0) is 48.0 Å². The minimum Gasteiger partial charge on any atom is -0.309 e. The van der Waals surface area contributed by atoms with Crippen LogP contribution in [0.2, 0.25) is 0 Å². The molecule has 0 spiro atoms. The van der Waals surface area contributed by atoms with Gasteiger partial charge in [0.1, 0.15) is 0 Å². The van der Waals surface area contributed by atoms with Crippen molar-refractivity contribution in [3.05, 3.63) is 122 Å². The Balaban J connectivity index is 1.48. The van der Waals surface area contributed by atoms with Crippen LogP contribution in [0.25, 0.3) is 76.7 Å². The third-order valence-electron chi connectivity index (χ3n) is 8.02. The number of pyridine rings is 2. The molecule has 0 aliphatic carbocycles. The molecular weight excluding hydrogens is 464 g/mol. The Morgan fingerprint density at radius 3 is 1.84 bits per heavy atom. The molecule has 4 nitrogen and oxygen atoms in total. The first-order chi connectivity index (χ1) is 18.9. The van der Waals surface area contributed by atoms with Gasteiger partial charge >= 0.3 is 0 Å². The van der Waals surface area contributed by atoms with Crippen LogP contribution in [-0.4, -0.2) is 18.9 Å². The molecule has 0 N–H and O–H groups in total. The van der Waals surface area contributed by atoms with Gasteiger partial charge in [-0.2, -0.15) is 0 Å². The van der Waals surface area contributed by atoms with Crippen molar-refractivity contribution in [3.8, 4) is 16.8 Å². The molecule has 5 aromatic heterocycles. The second kappa shape index (κ2) is 7.17. The number of rotatable bonds is 2. The third kappa shape index (κ3) is 2.44. The number of para-hydroxylation sites is 3. The molecule has 0 radical (unpaired) electrons. The fourth-order valence-corrected chi connectivity index (χ4v) is 6.49. The summed E-state index contributed by atoms with van der Waals surface area (Å²) in [5.41, 5.74) is 9.49. The summed E-state index contributed by atoms with van der Waals surface area (Å²) in [6.45, 7) is 0. The van der Waals surface area contributed by atoms with Gasteiger partial charge in [-0.15, -0.1) is 0 Å². The van der Waals surface area contributed by atoms with Crippen LogP contribution in [0.4, 0.5) is 0 Å². The quantitative estimate of drug-likeness (QED) is 0.247. The van der Waals surface area contributed by atoms with Crippen LogP contribution in [-0.2, 0) is 0 Å². The average Bonchev–Trinajstić information content (AvgIpc) is 3.62. The van der Waals surface area contributed by atoms with Crippen molar-refractivity contribution < 1.29 is 0 Å². The van der Waals surface area contributed by atoms with Gasteiger partial charge in [0.25, 0.3) is 0 Å². The van der Waals surface area contributed by atoms with Gasteiger partial charge < -0.3 is 8.97 Å². The first-order valence-corrected chi connectivity index (χ1v) is 12.8. The normalized spacial score (nSPS) is 12.2. The zero-order valence-corrected chi connectivity index (χ0v) is 20.3. The molecule has 0 atom stereocenters. The van der Waals surface area contributed by atoms with E-state index in [2.05, 4.69) is 116 Å². The largest absolute Gasteiger partial charge is 0.309 e. The predicted molar refractivity (Wildman–Crippen MR) is 156 cm³/mol. The Hall–Kier alpha value is -5.22. The van der Waals surface area contributed by atoms with Crippen molar-refractivity contribution >= 4 is 59.9 Å². The summed E-state index contributed by atoms with van der Waals surface area (Å²) < 4.78 is 4.73. The predicted octanol–water partition coefficient (Wildman–Crippen LogP) is 8.39. The molecule has 176 valence electrons. The van der Waals surface area contributed by atoms with E-state index in [0.717, 1.165) is 16.7 Å². The van der Waals surface area contributed by atoms with Crippen molar-refractivity contribution in [2.75, 3.05) is 0 Å². The minimum atomic E-state index is 1.12. The Morgan fingerprint density at radius 2 is 1.11 bits per heavy atom. The van der Waals surface area contributed by atoms with Gasteiger partial charge in [0.15, 0.2) is 0 Å². The van der Waals surface area contributed by atoms with Gasteiger partial charge in [0.05, 0.1) is 40.0 Å². The standard InChI is InChI=1S/C34H20N4/c1-2-7-22(8-3-1)37-30-12-5-4-9-24(30)27-11-6-10-23(33(27)37)21-17-28-25-13-15-35-19-31(25)38-32-20-36-16-14-26(32)29(18-21)34(28)38/h1-20H. The zero-order chi connectivity index (χ0) is 24.8. The number of benzene rings is 4. The van der Waals surface area contributed by atoms with E-state index in [1.807, 2.05) is 24.8 Å². The minimum absolute atomic E-state index is 1.12. The maximum Gasteiger partial charge on any atom is 0.0725 e. The lowest BCUT2D eigenvalue weighted by molar-refractivity contribution is 1.18. The second-order valence-electron chi connectivity index (χ2n) is 9.93. The number of hydrogen-bond donors (Lipinski definition) is 0. The number of nitrogens with zero attached hydrogens (tertiary/aromatic N) is 4. The highest BCUT2D eigenvalue weighted by Crippen LogP contribution is 2.43. The van der Waals surface area contributed by atoms with E-state index in [1.165, 1.54) is 60.0 Å². The van der Waals surface area contributed by atoms with E-state index in [0.29, 0.717) is 0 Å². The van der Waals surface area contributed by atoms with Crippen LogP contribution in [0.3, 0.4) is 0 Å². The molecule has 0 aliphatic heterocycles. The van der Waals surface area contributed by atoms with Crippen molar-refractivity contribution in [1.29, 1.82) is 0 Å². The van der Waals surface area contributed by atoms with Gasteiger partial charge in [0.2, 0.25) is 0 Å². The first-order valence-electron chi connectivity index (χ1n) is 12.8. The summed E-state index contributed by atoms with van der Waals surface area (Å²) in [5, 5.41) is 7.43. The molecule has 38 heavy (non-hydrogen) atoms. The molecule has 9 aromatic rings. The van der Waals surface area contributed by atoms with Crippen LogP contribution in [0.15, 0.2) is 122 Å². The molecule has 0 fully saturated rings. The van der Waals surface area contributed by atoms with Gasteiger partial charge in [-0.1, -0.05) is 54.6 Å². The maximum absolute atomic E-state index is 4.46. The molecule has 0 bridgehead atoms. The third-order valence-corrected chi connectivity index (χ3v) is 8.02. The fourth-order valence-electron chi connectivity index (χ4n) is 6.49. The molecule has 9 rings (SSSR count). The van der Waals surface area contributed by atoms with Crippen molar-refractivity contribution in [2.45, 2.75) is 0 Å². The first kappa shape index (κ1) is 19.9. The number of fused-ring (bicyclic) bond motifs is 9. The molecule has 4 aromatic carbocycles. The van der Waals surface area contributed by atoms with Crippen LogP contribution in [0.1, 0.15) is 0 Å². The fraction of sp³-hybridized carbons (Fsp3) is 0. The van der Waals surface area contributed by atoms with E-state index < -0.39 is 0 Å². The van der Waals surface area contributed by atoms with Crippen LogP contribution >= 0.6 is 0 Å². The molecular formula is C34H20N4. The Morgan fingerprint density at radius 1 is 0.474 bits per heavy atom. The summed E-state index contributed by atoms with van der Waals surface area (Å²) in [7, 11) is 0. The number of aromatic nitrogens is 4. The average molecular weight is 485 g/mol.